The zero-order valence-electron chi connectivity index (χ0n) is 16.1. The number of nitrogens with one attached hydrogen (secondary N) is 1. The van der Waals surface area contributed by atoms with E-state index >= 15 is 0 Å². The van der Waals surface area contributed by atoms with Crippen molar-refractivity contribution in [3.05, 3.63) is 47.9 Å². The maximum Gasteiger partial charge on any atom is 0.258 e. The van der Waals surface area contributed by atoms with Gasteiger partial charge in [0.2, 0.25) is 0 Å². The van der Waals surface area contributed by atoms with Crippen molar-refractivity contribution in [1.29, 1.82) is 0 Å². The molecule has 0 unspecified atom stereocenters. The van der Waals surface area contributed by atoms with Crippen LogP contribution in [0.1, 0.15) is 43.1 Å². The van der Waals surface area contributed by atoms with Crippen molar-refractivity contribution < 1.29 is 9.53 Å². The van der Waals surface area contributed by atoms with Gasteiger partial charge in [0.1, 0.15) is 17.8 Å². The number of carbonyl (C=O) groups is 1. The van der Waals surface area contributed by atoms with Crippen LogP contribution in [0, 0.1) is 0 Å². The molecule has 1 aromatic carbocycles. The maximum atomic E-state index is 13.0. The van der Waals surface area contributed by atoms with E-state index in [0.717, 1.165) is 12.0 Å². The van der Waals surface area contributed by atoms with E-state index in [2.05, 4.69) is 36.1 Å². The van der Waals surface area contributed by atoms with E-state index in [1.165, 1.54) is 6.33 Å². The van der Waals surface area contributed by atoms with Crippen molar-refractivity contribution in [2.75, 3.05) is 18.2 Å². The summed E-state index contributed by atoms with van der Waals surface area (Å²) in [7, 11) is 1.65. The van der Waals surface area contributed by atoms with Gasteiger partial charge in [0.05, 0.1) is 17.6 Å². The number of nitrogens with zero attached hydrogens (tertiary/aromatic N) is 3. The number of amides is 1. The van der Waals surface area contributed by atoms with Gasteiger partial charge in [-0.25, -0.2) is 9.97 Å². The first-order valence-electron chi connectivity index (χ1n) is 8.88. The summed E-state index contributed by atoms with van der Waals surface area (Å²) in [5.74, 6) is 0.0536. The van der Waals surface area contributed by atoms with Crippen LogP contribution in [0.3, 0.4) is 0 Å². The Hall–Kier alpha value is -2.93. The second kappa shape index (κ2) is 7.36. The van der Waals surface area contributed by atoms with Crippen molar-refractivity contribution in [2.24, 2.45) is 0 Å². The lowest BCUT2D eigenvalue weighted by Crippen LogP contribution is -2.24. The predicted molar refractivity (Wildman–Crippen MR) is 107 cm³/mol. The van der Waals surface area contributed by atoms with Crippen LogP contribution in [0.15, 0.2) is 36.8 Å². The molecule has 3 aromatic rings. The highest BCUT2D eigenvalue weighted by molar-refractivity contribution is 6.14. The minimum absolute atomic E-state index is 0.209. The quantitative estimate of drug-likeness (QED) is 0.694. The van der Waals surface area contributed by atoms with Gasteiger partial charge in [0.25, 0.3) is 5.91 Å². The first-order chi connectivity index (χ1) is 12.9. The molecule has 0 fully saturated rings. The standard InChI is InChI=1S/C20H25N5O2/c1-5-20(2,3)25-10-15(16-17(21)22-12-23-18(16)25)19(26)24-14-8-6-13(7-9-14)11-27-4/h6-10,12H,5,11H2,1-4H3,(H,24,26)(H2,21,22,23). The number of benzene rings is 1. The fourth-order valence-electron chi connectivity index (χ4n) is 2.94. The van der Waals surface area contributed by atoms with Crippen molar-refractivity contribution in [1.82, 2.24) is 14.5 Å². The average Bonchev–Trinajstić information content (AvgIpc) is 3.06. The van der Waals surface area contributed by atoms with Crippen LogP contribution in [0.4, 0.5) is 11.5 Å². The summed E-state index contributed by atoms with van der Waals surface area (Å²) in [6.07, 6.45) is 4.12. The van der Waals surface area contributed by atoms with Gasteiger partial charge in [-0.3, -0.25) is 4.79 Å². The number of nitrogen functional groups attached to an aromatic ring is 1. The Morgan fingerprint density at radius 3 is 2.59 bits per heavy atom. The molecule has 0 atom stereocenters. The lowest BCUT2D eigenvalue weighted by molar-refractivity contribution is 0.102. The number of anilines is 2. The molecule has 0 saturated heterocycles. The molecule has 3 N–H and O–H groups in total. The largest absolute Gasteiger partial charge is 0.383 e. The summed E-state index contributed by atoms with van der Waals surface area (Å²) < 4.78 is 7.10. The summed E-state index contributed by atoms with van der Waals surface area (Å²) in [6.45, 7) is 6.82. The molecule has 7 heteroatoms. The molecule has 142 valence electrons. The van der Waals surface area contributed by atoms with Crippen molar-refractivity contribution in [3.8, 4) is 0 Å². The third-order valence-corrected chi connectivity index (χ3v) is 4.90. The highest BCUT2D eigenvalue weighted by atomic mass is 16.5. The van der Waals surface area contributed by atoms with E-state index in [1.54, 1.807) is 7.11 Å². The third kappa shape index (κ3) is 3.64. The molecule has 7 nitrogen and oxygen atoms in total. The first-order valence-corrected chi connectivity index (χ1v) is 8.88. The van der Waals surface area contributed by atoms with E-state index in [-0.39, 0.29) is 11.4 Å². The fraction of sp³-hybridized carbons (Fsp3) is 0.350. The van der Waals surface area contributed by atoms with Gasteiger partial charge < -0.3 is 20.4 Å². The van der Waals surface area contributed by atoms with Crippen molar-refractivity contribution in [3.63, 3.8) is 0 Å². The Kier molecular flexibility index (Phi) is 5.14. The van der Waals surface area contributed by atoms with Crippen LogP contribution < -0.4 is 11.1 Å². The molecule has 0 aliphatic rings. The van der Waals surface area contributed by atoms with Gasteiger partial charge >= 0.3 is 0 Å². The number of nitrogens with two attached hydrogens (primary N) is 1. The van der Waals surface area contributed by atoms with Crippen LogP contribution in [0.25, 0.3) is 11.0 Å². The van der Waals surface area contributed by atoms with E-state index in [4.69, 9.17) is 10.5 Å². The monoisotopic (exact) mass is 367 g/mol. The number of rotatable bonds is 6. The fourth-order valence-corrected chi connectivity index (χ4v) is 2.94. The van der Waals surface area contributed by atoms with Crippen LogP contribution in [0.2, 0.25) is 0 Å². The second-order valence-corrected chi connectivity index (χ2v) is 7.12. The van der Waals surface area contributed by atoms with Gasteiger partial charge in [-0.15, -0.1) is 0 Å². The van der Waals surface area contributed by atoms with Crippen molar-refractivity contribution in [2.45, 2.75) is 39.3 Å². The molecule has 3 rings (SSSR count). The van der Waals surface area contributed by atoms with E-state index in [1.807, 2.05) is 35.0 Å². The lowest BCUT2D eigenvalue weighted by atomic mass is 10.0. The zero-order valence-corrected chi connectivity index (χ0v) is 16.1. The van der Waals surface area contributed by atoms with Crippen LogP contribution in [0.5, 0.6) is 0 Å². The zero-order chi connectivity index (χ0) is 19.6. The van der Waals surface area contributed by atoms with Crippen LogP contribution in [-0.4, -0.2) is 27.6 Å². The number of methoxy groups -OCH3 is 1. The highest BCUT2D eigenvalue weighted by Gasteiger charge is 2.26. The molecule has 2 heterocycles. The minimum atomic E-state index is -0.244. The Labute approximate surface area is 158 Å². The summed E-state index contributed by atoms with van der Waals surface area (Å²) >= 11 is 0. The van der Waals surface area contributed by atoms with Gasteiger partial charge in [0, 0.05) is 24.5 Å². The molecule has 0 aliphatic heterocycles. The lowest BCUT2D eigenvalue weighted by Gasteiger charge is -2.25. The minimum Gasteiger partial charge on any atom is -0.383 e. The second-order valence-electron chi connectivity index (χ2n) is 7.12. The summed E-state index contributed by atoms with van der Waals surface area (Å²) in [4.78, 5) is 21.4. The number of hydrogen-bond acceptors (Lipinski definition) is 5. The normalized spacial score (nSPS) is 11.7. The number of fused-ring (bicyclic) bond motifs is 1. The number of carbonyl (C=O) groups excluding carboxylic acids is 1. The van der Waals surface area contributed by atoms with Gasteiger partial charge in [-0.1, -0.05) is 19.1 Å². The number of aromatic nitrogens is 3. The summed E-state index contributed by atoms with van der Waals surface area (Å²) in [6, 6.07) is 7.53. The van der Waals surface area contributed by atoms with E-state index < -0.39 is 0 Å². The average molecular weight is 367 g/mol. The van der Waals surface area contributed by atoms with Crippen LogP contribution in [-0.2, 0) is 16.9 Å². The van der Waals surface area contributed by atoms with Crippen LogP contribution >= 0.6 is 0 Å². The Balaban J connectivity index is 1.99. The number of hydrogen-bond donors (Lipinski definition) is 2. The first kappa shape index (κ1) is 18.8. The molecule has 0 bridgehead atoms. The Morgan fingerprint density at radius 1 is 1.26 bits per heavy atom. The summed E-state index contributed by atoms with van der Waals surface area (Å²) in [5.41, 5.74) is 8.73. The van der Waals surface area contributed by atoms with Gasteiger partial charge in [-0.2, -0.15) is 0 Å². The highest BCUT2D eigenvalue weighted by Crippen LogP contribution is 2.31. The molecule has 0 spiro atoms. The smallest absolute Gasteiger partial charge is 0.258 e. The Morgan fingerprint density at radius 2 is 1.96 bits per heavy atom. The molecule has 2 aromatic heterocycles. The maximum absolute atomic E-state index is 13.0. The summed E-state index contributed by atoms with van der Waals surface area (Å²) in [5, 5.41) is 3.50. The van der Waals surface area contributed by atoms with Gasteiger partial charge in [0.15, 0.2) is 0 Å². The topological polar surface area (TPSA) is 95.1 Å². The van der Waals surface area contributed by atoms with Crippen molar-refractivity contribution >= 4 is 28.4 Å². The SMILES string of the molecule is CCC(C)(C)n1cc(C(=O)Nc2ccc(COC)cc2)c2c(N)ncnc21. The molecular weight excluding hydrogens is 342 g/mol. The Bertz CT molecular complexity index is 960. The molecule has 0 radical (unpaired) electrons. The van der Waals surface area contributed by atoms with E-state index in [0.29, 0.717) is 34.7 Å². The third-order valence-electron chi connectivity index (χ3n) is 4.90. The molecule has 0 saturated carbocycles. The number of ether oxygens (including phenoxy) is 1. The van der Waals surface area contributed by atoms with E-state index in [9.17, 15) is 4.79 Å². The molecule has 0 aliphatic carbocycles. The molecule has 27 heavy (non-hydrogen) atoms. The predicted octanol–water partition coefficient (Wildman–Crippen LogP) is 3.56. The molecule has 1 amide bonds. The van der Waals surface area contributed by atoms with Gasteiger partial charge in [-0.05, 0) is 38.0 Å². The molecular formula is C20H25N5O2.